The molecule has 0 spiro atoms. The Balaban J connectivity index is 1.70. The van der Waals surface area contributed by atoms with Crippen molar-refractivity contribution in [1.29, 1.82) is 0 Å². The zero-order valence-corrected chi connectivity index (χ0v) is 22.0. The molecule has 31 heavy (non-hydrogen) atoms. The van der Waals surface area contributed by atoms with Crippen LogP contribution in [0.2, 0.25) is 23.2 Å². The zero-order valence-electron chi connectivity index (χ0n) is 20.3. The summed E-state index contributed by atoms with van der Waals surface area (Å²) in [5.41, 5.74) is 0.509. The molecule has 2 atom stereocenters. The molecule has 0 radical (unpaired) electrons. The second-order valence-corrected chi connectivity index (χ2v) is 16.5. The van der Waals surface area contributed by atoms with E-state index in [4.69, 9.17) is 20.8 Å². The van der Waals surface area contributed by atoms with Gasteiger partial charge in [-0.3, -0.25) is 0 Å². The molecule has 1 saturated carbocycles. The molecule has 0 amide bonds. The average molecular weight is 471 g/mol. The molecule has 176 valence electrons. The highest BCUT2D eigenvalue weighted by Crippen LogP contribution is 2.39. The van der Waals surface area contributed by atoms with Gasteiger partial charge in [0, 0.05) is 30.2 Å². The number of hydrogen-bond donors (Lipinski definition) is 1. The van der Waals surface area contributed by atoms with Crippen LogP contribution in [0.15, 0.2) is 12.1 Å². The maximum Gasteiger partial charge on any atom is 0.192 e. The van der Waals surface area contributed by atoms with Crippen LogP contribution < -0.4 is 15.0 Å². The van der Waals surface area contributed by atoms with Crippen LogP contribution in [0, 0.1) is 5.82 Å². The number of ether oxygens (including phenoxy) is 1. The summed E-state index contributed by atoms with van der Waals surface area (Å²) in [4.78, 5) is 2.23. The predicted molar refractivity (Wildman–Crippen MR) is 131 cm³/mol. The van der Waals surface area contributed by atoms with Gasteiger partial charge in [0.2, 0.25) is 0 Å². The molecule has 7 heteroatoms. The minimum atomic E-state index is -1.83. The Kier molecular flexibility index (Phi) is 7.36. The van der Waals surface area contributed by atoms with Gasteiger partial charge in [0.15, 0.2) is 8.32 Å². The molecule has 4 nitrogen and oxygen atoms in total. The van der Waals surface area contributed by atoms with Crippen molar-refractivity contribution in [2.45, 2.75) is 96.1 Å². The molecule has 2 unspecified atom stereocenters. The number of fused-ring (bicyclic) bond motifs is 1. The lowest BCUT2D eigenvalue weighted by atomic mass is 9.83. The summed E-state index contributed by atoms with van der Waals surface area (Å²) in [7, 11) is -1.83. The Morgan fingerprint density at radius 1 is 1.19 bits per heavy atom. The molecular formula is C24H40ClFN2O2Si. The van der Waals surface area contributed by atoms with E-state index >= 15 is 4.39 Å². The van der Waals surface area contributed by atoms with E-state index in [1.165, 1.54) is 18.9 Å². The highest BCUT2D eigenvalue weighted by Gasteiger charge is 2.41. The van der Waals surface area contributed by atoms with Gasteiger partial charge >= 0.3 is 0 Å². The molecule has 3 rings (SSSR count). The highest BCUT2D eigenvalue weighted by atomic mass is 35.5. The van der Waals surface area contributed by atoms with E-state index in [1.54, 1.807) is 6.07 Å². The predicted octanol–water partition coefficient (Wildman–Crippen LogP) is 6.38. The van der Waals surface area contributed by atoms with Crippen LogP contribution in [0.4, 0.5) is 10.1 Å². The van der Waals surface area contributed by atoms with Crippen molar-refractivity contribution in [2.24, 2.45) is 0 Å². The summed E-state index contributed by atoms with van der Waals surface area (Å²) in [6.07, 6.45) is 4.62. The SMILES string of the molecule is CC1(C)CN(c2cc(Cl)c(OCCO[Si](C)(C)C(C)(C)C)cc2F)C2CCCCC2N1. The van der Waals surface area contributed by atoms with Crippen molar-refractivity contribution < 1.29 is 13.6 Å². The van der Waals surface area contributed by atoms with Crippen LogP contribution in [0.25, 0.3) is 0 Å². The quantitative estimate of drug-likeness (QED) is 0.386. The Bertz CT molecular complexity index is 782. The number of benzene rings is 1. The third kappa shape index (κ3) is 5.76. The summed E-state index contributed by atoms with van der Waals surface area (Å²) < 4.78 is 27.2. The topological polar surface area (TPSA) is 33.7 Å². The Morgan fingerprint density at radius 3 is 2.55 bits per heavy atom. The molecule has 0 bridgehead atoms. The zero-order chi connectivity index (χ0) is 23.0. The first kappa shape index (κ1) is 24.8. The molecule has 1 aromatic rings. The van der Waals surface area contributed by atoms with Gasteiger partial charge < -0.3 is 19.4 Å². The maximum atomic E-state index is 15.3. The van der Waals surface area contributed by atoms with Crippen LogP contribution in [0.5, 0.6) is 5.75 Å². The molecule has 1 saturated heterocycles. The number of piperazine rings is 1. The lowest BCUT2D eigenvalue weighted by Crippen LogP contribution is -2.67. The Labute approximate surface area is 193 Å². The molecular weight excluding hydrogens is 431 g/mol. The second-order valence-electron chi connectivity index (χ2n) is 11.3. The van der Waals surface area contributed by atoms with Crippen LogP contribution in [0.3, 0.4) is 0 Å². The Hall–Kier alpha value is -0.823. The van der Waals surface area contributed by atoms with Gasteiger partial charge in [-0.1, -0.05) is 45.2 Å². The number of rotatable bonds is 6. The molecule has 2 aliphatic rings. The molecule has 1 N–H and O–H groups in total. The van der Waals surface area contributed by atoms with Crippen LogP contribution in [-0.2, 0) is 4.43 Å². The lowest BCUT2D eigenvalue weighted by molar-refractivity contribution is 0.197. The monoisotopic (exact) mass is 470 g/mol. The van der Waals surface area contributed by atoms with E-state index in [-0.39, 0.29) is 16.4 Å². The first-order valence-corrected chi connectivity index (χ1v) is 14.9. The largest absolute Gasteiger partial charge is 0.490 e. The average Bonchev–Trinajstić information content (AvgIpc) is 2.65. The van der Waals surface area contributed by atoms with Crippen LogP contribution in [-0.4, -0.2) is 45.7 Å². The van der Waals surface area contributed by atoms with E-state index in [2.05, 4.69) is 57.9 Å². The van der Waals surface area contributed by atoms with Crippen LogP contribution >= 0.6 is 11.6 Å². The number of hydrogen-bond acceptors (Lipinski definition) is 4. The maximum absolute atomic E-state index is 15.3. The van der Waals surface area contributed by atoms with Gasteiger partial charge in [0.05, 0.1) is 17.3 Å². The fraction of sp³-hybridized carbons (Fsp3) is 0.750. The highest BCUT2D eigenvalue weighted by molar-refractivity contribution is 6.74. The molecule has 1 aromatic carbocycles. The summed E-state index contributed by atoms with van der Waals surface area (Å²) in [5, 5.41) is 4.36. The fourth-order valence-electron chi connectivity index (χ4n) is 4.52. The van der Waals surface area contributed by atoms with Gasteiger partial charge in [0.25, 0.3) is 0 Å². The van der Waals surface area contributed by atoms with Crippen molar-refractivity contribution in [3.05, 3.63) is 23.0 Å². The van der Waals surface area contributed by atoms with Gasteiger partial charge in [0.1, 0.15) is 18.2 Å². The summed E-state index contributed by atoms with van der Waals surface area (Å²) in [6.45, 7) is 17.0. The third-order valence-electron chi connectivity index (χ3n) is 7.19. The second kappa shape index (κ2) is 9.20. The van der Waals surface area contributed by atoms with Crippen LogP contribution in [0.1, 0.15) is 60.3 Å². The number of halogens is 2. The minimum Gasteiger partial charge on any atom is -0.490 e. The van der Waals surface area contributed by atoms with Gasteiger partial charge in [-0.25, -0.2) is 4.39 Å². The van der Waals surface area contributed by atoms with E-state index in [0.717, 1.165) is 19.4 Å². The van der Waals surface area contributed by atoms with Crippen molar-refractivity contribution in [2.75, 3.05) is 24.7 Å². The molecule has 0 aromatic heterocycles. The van der Waals surface area contributed by atoms with Crippen molar-refractivity contribution in [3.63, 3.8) is 0 Å². The molecule has 2 fully saturated rings. The van der Waals surface area contributed by atoms with E-state index in [9.17, 15) is 0 Å². The standard InChI is InChI=1S/C24H40ClFN2O2Si/c1-23(2,3)31(6,7)30-13-12-29-22-15-18(26)21(14-17(22)25)28-16-24(4,5)27-19-10-8-9-11-20(19)28/h14-15,19-20,27H,8-13,16H2,1-7H3. The third-order valence-corrected chi connectivity index (χ3v) is 12.0. The fourth-order valence-corrected chi connectivity index (χ4v) is 5.76. The van der Waals surface area contributed by atoms with Gasteiger partial charge in [-0.2, -0.15) is 0 Å². The lowest BCUT2D eigenvalue weighted by Gasteiger charge is -2.52. The number of nitrogens with zero attached hydrogens (tertiary/aromatic N) is 1. The summed E-state index contributed by atoms with van der Waals surface area (Å²) in [6, 6.07) is 3.88. The Morgan fingerprint density at radius 2 is 1.87 bits per heavy atom. The van der Waals surface area contributed by atoms with E-state index in [0.29, 0.717) is 41.8 Å². The normalized spacial score (nSPS) is 24.1. The first-order chi connectivity index (χ1) is 14.3. The number of anilines is 1. The smallest absolute Gasteiger partial charge is 0.192 e. The van der Waals surface area contributed by atoms with Gasteiger partial charge in [-0.05, 0) is 50.9 Å². The van der Waals surface area contributed by atoms with E-state index < -0.39 is 8.32 Å². The van der Waals surface area contributed by atoms with Crippen molar-refractivity contribution >= 4 is 25.6 Å². The molecule has 1 heterocycles. The van der Waals surface area contributed by atoms with Gasteiger partial charge in [-0.15, -0.1) is 0 Å². The molecule has 1 aliphatic carbocycles. The van der Waals surface area contributed by atoms with E-state index in [1.807, 2.05) is 0 Å². The molecule has 1 aliphatic heterocycles. The first-order valence-electron chi connectivity index (χ1n) is 11.6. The van der Waals surface area contributed by atoms with Crippen molar-refractivity contribution in [3.8, 4) is 5.75 Å². The number of nitrogens with one attached hydrogen (secondary N) is 1. The van der Waals surface area contributed by atoms with Crippen molar-refractivity contribution in [1.82, 2.24) is 5.32 Å². The minimum absolute atomic E-state index is 0.0757. The summed E-state index contributed by atoms with van der Waals surface area (Å²) >= 11 is 6.54. The summed E-state index contributed by atoms with van der Waals surface area (Å²) in [5.74, 6) is 0.114.